The molecule has 0 fully saturated rings. The second kappa shape index (κ2) is 6.35. The van der Waals surface area contributed by atoms with Gasteiger partial charge in [-0.15, -0.1) is 0 Å². The molecule has 0 bridgehead atoms. The van der Waals surface area contributed by atoms with Gasteiger partial charge in [-0.05, 0) is 35.7 Å². The molecular weight excluding hydrogens is 322 g/mol. The van der Waals surface area contributed by atoms with E-state index in [4.69, 9.17) is 5.73 Å². The van der Waals surface area contributed by atoms with Crippen molar-refractivity contribution in [3.8, 4) is 0 Å². The highest BCUT2D eigenvalue weighted by Crippen LogP contribution is 2.23. The SMILES string of the molecule is CCc1ccc(CS(=O)c2cc(Br)ccc2N)cc1. The number of aryl methyl sites for hydroxylation is 1. The first kappa shape index (κ1) is 14.3. The Morgan fingerprint density at radius 1 is 1.11 bits per heavy atom. The van der Waals surface area contributed by atoms with Gasteiger partial charge in [0.05, 0.1) is 21.4 Å². The van der Waals surface area contributed by atoms with Crippen LogP contribution in [0.4, 0.5) is 5.69 Å². The monoisotopic (exact) mass is 337 g/mol. The normalized spacial score (nSPS) is 12.3. The Hall–Kier alpha value is -1.13. The number of nitrogens with two attached hydrogens (primary N) is 1. The third-order valence-electron chi connectivity index (χ3n) is 2.95. The van der Waals surface area contributed by atoms with Gasteiger partial charge in [-0.2, -0.15) is 0 Å². The molecule has 1 unspecified atom stereocenters. The van der Waals surface area contributed by atoms with Gasteiger partial charge in [0, 0.05) is 10.2 Å². The molecule has 2 aromatic carbocycles. The minimum atomic E-state index is -1.12. The quantitative estimate of drug-likeness (QED) is 0.859. The van der Waals surface area contributed by atoms with E-state index in [1.807, 2.05) is 24.3 Å². The van der Waals surface area contributed by atoms with Crippen LogP contribution in [0.25, 0.3) is 0 Å². The van der Waals surface area contributed by atoms with E-state index >= 15 is 0 Å². The molecule has 2 nitrogen and oxygen atoms in total. The second-order valence-corrected chi connectivity index (χ2v) is 6.68. The highest BCUT2D eigenvalue weighted by atomic mass is 79.9. The van der Waals surface area contributed by atoms with Gasteiger partial charge in [-0.25, -0.2) is 0 Å². The van der Waals surface area contributed by atoms with E-state index in [0.29, 0.717) is 16.3 Å². The summed E-state index contributed by atoms with van der Waals surface area (Å²) in [6, 6.07) is 13.7. The maximum Gasteiger partial charge on any atom is 0.0632 e. The van der Waals surface area contributed by atoms with Crippen molar-refractivity contribution in [2.45, 2.75) is 24.0 Å². The molecule has 4 heteroatoms. The summed E-state index contributed by atoms with van der Waals surface area (Å²) >= 11 is 3.38. The van der Waals surface area contributed by atoms with E-state index in [1.54, 1.807) is 6.07 Å². The number of nitrogen functional groups attached to an aromatic ring is 1. The molecule has 1 atom stereocenters. The highest BCUT2D eigenvalue weighted by molar-refractivity contribution is 9.10. The molecule has 0 spiro atoms. The molecule has 0 aromatic heterocycles. The molecule has 0 radical (unpaired) electrons. The van der Waals surface area contributed by atoms with Crippen molar-refractivity contribution in [2.24, 2.45) is 0 Å². The van der Waals surface area contributed by atoms with Crippen molar-refractivity contribution >= 4 is 32.4 Å². The lowest BCUT2D eigenvalue weighted by Crippen LogP contribution is -2.01. The lowest BCUT2D eigenvalue weighted by atomic mass is 10.1. The van der Waals surface area contributed by atoms with Crippen molar-refractivity contribution in [1.82, 2.24) is 0 Å². The summed E-state index contributed by atoms with van der Waals surface area (Å²) in [5.74, 6) is 0.491. The number of hydrogen-bond acceptors (Lipinski definition) is 2. The van der Waals surface area contributed by atoms with E-state index < -0.39 is 10.8 Å². The van der Waals surface area contributed by atoms with Crippen LogP contribution in [0.1, 0.15) is 18.1 Å². The molecule has 0 saturated carbocycles. The van der Waals surface area contributed by atoms with Crippen LogP contribution in [-0.2, 0) is 23.0 Å². The summed E-state index contributed by atoms with van der Waals surface area (Å²) in [6.07, 6.45) is 1.02. The number of benzene rings is 2. The molecule has 0 aliphatic carbocycles. The van der Waals surface area contributed by atoms with Gasteiger partial charge in [-0.3, -0.25) is 4.21 Å². The minimum absolute atomic E-state index is 0.491. The van der Waals surface area contributed by atoms with Crippen molar-refractivity contribution in [3.63, 3.8) is 0 Å². The van der Waals surface area contributed by atoms with E-state index in [9.17, 15) is 4.21 Å². The number of halogens is 1. The lowest BCUT2D eigenvalue weighted by molar-refractivity contribution is 0.683. The zero-order valence-electron chi connectivity index (χ0n) is 10.7. The van der Waals surface area contributed by atoms with E-state index in [-0.39, 0.29) is 0 Å². The van der Waals surface area contributed by atoms with Crippen molar-refractivity contribution < 1.29 is 4.21 Å². The fraction of sp³-hybridized carbons (Fsp3) is 0.200. The van der Waals surface area contributed by atoms with Crippen LogP contribution < -0.4 is 5.73 Å². The van der Waals surface area contributed by atoms with Crippen molar-refractivity contribution in [2.75, 3.05) is 5.73 Å². The maximum absolute atomic E-state index is 12.4. The number of anilines is 1. The third kappa shape index (κ3) is 3.67. The van der Waals surface area contributed by atoms with E-state index in [2.05, 4.69) is 35.0 Å². The summed E-state index contributed by atoms with van der Waals surface area (Å²) in [7, 11) is -1.12. The van der Waals surface area contributed by atoms with Gasteiger partial charge in [0.25, 0.3) is 0 Å². The molecule has 0 aliphatic rings. The van der Waals surface area contributed by atoms with Crippen LogP contribution in [0.2, 0.25) is 0 Å². The van der Waals surface area contributed by atoms with Gasteiger partial charge < -0.3 is 5.73 Å². The third-order valence-corrected chi connectivity index (χ3v) is 4.88. The first-order valence-corrected chi connectivity index (χ1v) is 8.22. The maximum atomic E-state index is 12.4. The molecule has 0 aliphatic heterocycles. The first-order valence-electron chi connectivity index (χ1n) is 6.11. The summed E-state index contributed by atoms with van der Waals surface area (Å²) in [6.45, 7) is 2.12. The Morgan fingerprint density at radius 3 is 2.37 bits per heavy atom. The molecular formula is C15H16BrNOS. The Morgan fingerprint density at radius 2 is 1.74 bits per heavy atom. The Kier molecular flexibility index (Phi) is 4.77. The number of rotatable bonds is 4. The molecule has 0 saturated heterocycles. The smallest absolute Gasteiger partial charge is 0.0632 e. The molecule has 100 valence electrons. The van der Waals surface area contributed by atoms with Crippen LogP contribution in [-0.4, -0.2) is 4.21 Å². The van der Waals surface area contributed by atoms with Crippen LogP contribution in [0, 0.1) is 0 Å². The predicted molar refractivity (Wildman–Crippen MR) is 84.5 cm³/mol. The summed E-state index contributed by atoms with van der Waals surface area (Å²) in [5.41, 5.74) is 8.80. The zero-order valence-corrected chi connectivity index (χ0v) is 13.1. The fourth-order valence-corrected chi connectivity index (χ4v) is 3.56. The minimum Gasteiger partial charge on any atom is -0.398 e. The Bertz CT molecular complexity index is 596. The zero-order chi connectivity index (χ0) is 13.8. The van der Waals surface area contributed by atoms with Crippen LogP contribution >= 0.6 is 15.9 Å². The molecule has 2 N–H and O–H groups in total. The lowest BCUT2D eigenvalue weighted by Gasteiger charge is -2.07. The Labute approximate surface area is 124 Å². The van der Waals surface area contributed by atoms with Crippen LogP contribution in [0.3, 0.4) is 0 Å². The topological polar surface area (TPSA) is 43.1 Å². The highest BCUT2D eigenvalue weighted by Gasteiger charge is 2.09. The second-order valence-electron chi connectivity index (χ2n) is 4.34. The molecule has 19 heavy (non-hydrogen) atoms. The largest absolute Gasteiger partial charge is 0.398 e. The molecule has 0 amide bonds. The van der Waals surface area contributed by atoms with Gasteiger partial charge in [0.1, 0.15) is 0 Å². The van der Waals surface area contributed by atoms with E-state index in [1.165, 1.54) is 5.56 Å². The summed E-state index contributed by atoms with van der Waals surface area (Å²) < 4.78 is 13.2. The number of hydrogen-bond donors (Lipinski definition) is 1. The Balaban J connectivity index is 2.18. The van der Waals surface area contributed by atoms with Crippen molar-refractivity contribution in [3.05, 3.63) is 58.1 Å². The summed E-state index contributed by atoms with van der Waals surface area (Å²) in [4.78, 5) is 0.689. The fourth-order valence-electron chi connectivity index (χ4n) is 1.81. The van der Waals surface area contributed by atoms with Gasteiger partial charge >= 0.3 is 0 Å². The standard InChI is InChI=1S/C15H16BrNOS/c1-2-11-3-5-12(6-4-11)10-19(18)15-9-13(16)7-8-14(15)17/h3-9H,2,10,17H2,1H3. The molecule has 2 rings (SSSR count). The predicted octanol–water partition coefficient (Wildman–Crippen LogP) is 3.90. The molecule has 0 heterocycles. The van der Waals surface area contributed by atoms with Gasteiger partial charge in [-0.1, -0.05) is 47.1 Å². The van der Waals surface area contributed by atoms with E-state index in [0.717, 1.165) is 16.5 Å². The average molecular weight is 338 g/mol. The summed E-state index contributed by atoms with van der Waals surface area (Å²) in [5, 5.41) is 0. The first-order chi connectivity index (χ1) is 9.10. The average Bonchev–Trinajstić information content (AvgIpc) is 2.42. The van der Waals surface area contributed by atoms with Crippen LogP contribution in [0.15, 0.2) is 51.8 Å². The van der Waals surface area contributed by atoms with Crippen LogP contribution in [0.5, 0.6) is 0 Å². The van der Waals surface area contributed by atoms with Gasteiger partial charge in [0.2, 0.25) is 0 Å². The van der Waals surface area contributed by atoms with Crippen molar-refractivity contribution in [1.29, 1.82) is 0 Å². The van der Waals surface area contributed by atoms with Gasteiger partial charge in [0.15, 0.2) is 0 Å². The molecule has 2 aromatic rings.